The van der Waals surface area contributed by atoms with Crippen molar-refractivity contribution in [3.8, 4) is 0 Å². The monoisotopic (exact) mass is 1480 g/mol. The maximum atomic E-state index is 13.1. The highest BCUT2D eigenvalue weighted by Crippen LogP contribution is 2.45. The lowest BCUT2D eigenvalue weighted by Gasteiger charge is -2.21. The number of carbonyl (C=O) groups excluding carboxylic acids is 4. The number of carbonyl (C=O) groups is 4. The summed E-state index contributed by atoms with van der Waals surface area (Å²) in [5.41, 5.74) is 0. The number of ether oxygens (including phenoxy) is 4. The molecule has 0 bridgehead atoms. The van der Waals surface area contributed by atoms with E-state index in [9.17, 15) is 43.2 Å². The van der Waals surface area contributed by atoms with Crippen LogP contribution in [0.3, 0.4) is 0 Å². The van der Waals surface area contributed by atoms with Gasteiger partial charge in [0, 0.05) is 25.7 Å². The van der Waals surface area contributed by atoms with Crippen LogP contribution in [0.5, 0.6) is 0 Å². The van der Waals surface area contributed by atoms with Gasteiger partial charge in [0.2, 0.25) is 0 Å². The van der Waals surface area contributed by atoms with Crippen molar-refractivity contribution < 1.29 is 80.2 Å². The van der Waals surface area contributed by atoms with Crippen LogP contribution in [0.4, 0.5) is 0 Å². The van der Waals surface area contributed by atoms with Crippen molar-refractivity contribution in [2.75, 3.05) is 39.6 Å². The second kappa shape index (κ2) is 72.3. The van der Waals surface area contributed by atoms with Gasteiger partial charge < -0.3 is 33.8 Å². The van der Waals surface area contributed by atoms with Crippen molar-refractivity contribution in [2.45, 2.75) is 446 Å². The Balaban J connectivity index is 5.27. The summed E-state index contributed by atoms with van der Waals surface area (Å²) < 4.78 is 68.8. The summed E-state index contributed by atoms with van der Waals surface area (Å²) in [5, 5.41) is 10.7. The third-order valence-electron chi connectivity index (χ3n) is 19.5. The van der Waals surface area contributed by atoms with Crippen molar-refractivity contribution in [1.82, 2.24) is 0 Å². The molecule has 0 heterocycles. The van der Waals surface area contributed by atoms with Gasteiger partial charge in [-0.1, -0.05) is 376 Å². The van der Waals surface area contributed by atoms with Crippen LogP contribution < -0.4 is 0 Å². The Hall–Kier alpha value is -1.94. The molecular weight excluding hydrogens is 1320 g/mol. The van der Waals surface area contributed by atoms with Crippen molar-refractivity contribution in [2.24, 2.45) is 17.8 Å². The highest BCUT2D eigenvalue weighted by Gasteiger charge is 2.30. The minimum Gasteiger partial charge on any atom is -0.462 e. The zero-order valence-corrected chi connectivity index (χ0v) is 68.2. The van der Waals surface area contributed by atoms with E-state index < -0.39 is 97.5 Å². The first kappa shape index (κ1) is 99.1. The van der Waals surface area contributed by atoms with Gasteiger partial charge in [-0.15, -0.1) is 0 Å². The highest BCUT2D eigenvalue weighted by molar-refractivity contribution is 7.47. The van der Waals surface area contributed by atoms with Gasteiger partial charge in [0.1, 0.15) is 19.3 Å². The molecule has 600 valence electrons. The first-order chi connectivity index (χ1) is 48.8. The number of unbranched alkanes of at least 4 members (excludes halogenated alkanes) is 47. The van der Waals surface area contributed by atoms with Crippen LogP contribution >= 0.6 is 15.6 Å². The Morgan fingerprint density at radius 1 is 0.287 bits per heavy atom. The van der Waals surface area contributed by atoms with E-state index >= 15 is 0 Å². The minimum absolute atomic E-state index is 0.106. The summed E-state index contributed by atoms with van der Waals surface area (Å²) in [6.07, 6.45) is 60.9. The number of aliphatic hydroxyl groups excluding tert-OH is 1. The Kier molecular flexibility index (Phi) is 70.9. The average Bonchev–Trinajstić information content (AvgIpc) is 1.21. The third kappa shape index (κ3) is 74.7. The lowest BCUT2D eigenvalue weighted by Crippen LogP contribution is -2.30. The molecule has 0 radical (unpaired) electrons. The largest absolute Gasteiger partial charge is 0.472 e. The van der Waals surface area contributed by atoms with E-state index in [0.29, 0.717) is 25.7 Å². The summed E-state index contributed by atoms with van der Waals surface area (Å²) in [4.78, 5) is 73.1. The molecule has 0 aliphatic rings. The van der Waals surface area contributed by atoms with Gasteiger partial charge in [0.25, 0.3) is 0 Å². The first-order valence-electron chi connectivity index (χ1n) is 42.4. The molecule has 0 spiro atoms. The number of rotatable bonds is 80. The molecule has 0 aliphatic heterocycles. The summed E-state index contributed by atoms with van der Waals surface area (Å²) in [5.74, 6) is 0.248. The van der Waals surface area contributed by atoms with Crippen LogP contribution in [0, 0.1) is 17.8 Å². The molecule has 0 aromatic heterocycles. The smallest absolute Gasteiger partial charge is 0.462 e. The summed E-state index contributed by atoms with van der Waals surface area (Å²) in [6, 6.07) is 0. The third-order valence-corrected chi connectivity index (χ3v) is 21.4. The molecule has 0 rings (SSSR count). The van der Waals surface area contributed by atoms with Gasteiger partial charge in [-0.25, -0.2) is 9.13 Å². The van der Waals surface area contributed by atoms with Crippen molar-refractivity contribution in [3.63, 3.8) is 0 Å². The second-order valence-electron chi connectivity index (χ2n) is 30.7. The number of esters is 4. The molecule has 0 aromatic rings. The normalized spacial score (nSPS) is 14.2. The van der Waals surface area contributed by atoms with Gasteiger partial charge in [0.15, 0.2) is 12.2 Å². The van der Waals surface area contributed by atoms with Crippen LogP contribution in [0.1, 0.15) is 427 Å². The van der Waals surface area contributed by atoms with E-state index in [-0.39, 0.29) is 25.7 Å². The summed E-state index contributed by atoms with van der Waals surface area (Å²) >= 11 is 0. The molecule has 19 heteroatoms. The van der Waals surface area contributed by atoms with E-state index in [1.165, 1.54) is 238 Å². The maximum Gasteiger partial charge on any atom is 0.472 e. The fourth-order valence-corrected chi connectivity index (χ4v) is 14.2. The fourth-order valence-electron chi connectivity index (χ4n) is 12.6. The first-order valence-corrected chi connectivity index (χ1v) is 45.4. The number of phosphoric ester groups is 2. The molecule has 0 saturated heterocycles. The molecule has 6 atom stereocenters. The number of hydrogen-bond acceptors (Lipinski definition) is 15. The molecule has 0 amide bonds. The molecule has 3 N–H and O–H groups in total. The van der Waals surface area contributed by atoms with Crippen molar-refractivity contribution >= 4 is 39.5 Å². The summed E-state index contributed by atoms with van der Waals surface area (Å²) in [6.45, 7) is 12.0. The topological polar surface area (TPSA) is 237 Å². The van der Waals surface area contributed by atoms with E-state index in [4.69, 9.17) is 37.0 Å². The Morgan fingerprint density at radius 2 is 0.505 bits per heavy atom. The number of hydrogen-bond donors (Lipinski definition) is 3. The van der Waals surface area contributed by atoms with E-state index in [1.54, 1.807) is 0 Å². The number of aliphatic hydroxyl groups is 1. The Labute approximate surface area is 619 Å². The lowest BCUT2D eigenvalue weighted by atomic mass is 9.99. The lowest BCUT2D eigenvalue weighted by molar-refractivity contribution is -0.161. The van der Waals surface area contributed by atoms with Gasteiger partial charge in [-0.3, -0.25) is 37.3 Å². The van der Waals surface area contributed by atoms with Gasteiger partial charge >= 0.3 is 39.5 Å². The van der Waals surface area contributed by atoms with Crippen molar-refractivity contribution in [1.29, 1.82) is 0 Å². The SMILES string of the molecule is CCCCCCCCCCCCCCCCCCCC(=O)OC[C@H](COP(=O)(O)OC[C@@H](O)COP(=O)(O)OC[C@@H](COC(=O)CCCCCCCCCCCCC(C)C)OC(=O)CCCCCCCCCCCCC(C)CC)OC(=O)CCCCCCCCCCCCCCCCC(C)C. The molecule has 3 unspecified atom stereocenters. The van der Waals surface area contributed by atoms with Gasteiger partial charge in [-0.05, 0) is 43.4 Å². The molecular formula is C82H160O17P2. The van der Waals surface area contributed by atoms with Crippen LogP contribution in [0.25, 0.3) is 0 Å². The fraction of sp³-hybridized carbons (Fsp3) is 0.951. The Morgan fingerprint density at radius 3 is 0.752 bits per heavy atom. The van der Waals surface area contributed by atoms with Crippen molar-refractivity contribution in [3.05, 3.63) is 0 Å². The molecule has 101 heavy (non-hydrogen) atoms. The second-order valence-corrected chi connectivity index (χ2v) is 33.6. The quantitative estimate of drug-likeness (QED) is 0.0222. The standard InChI is InChI=1S/C82H160O17P2/c1-8-10-11-12-13-14-15-16-17-18-19-23-26-35-42-49-56-63-79(84)92-69-77(98-81(86)65-58-51-44-37-27-24-21-20-22-25-32-39-46-53-60-73(3)4)71-96-100(88,89)94-67-76(83)68-95-101(90,91)97-72-78(70-93-80(85)64-57-50-43-36-30-28-33-40-47-54-61-74(5)6)99-82(87)66-59-52-45-38-31-29-34-41-48-55-62-75(7)9-2/h73-78,83H,8-72H2,1-7H3,(H,88,89)(H,90,91)/t75?,76-,77-,78-/m1/s1. The molecule has 17 nitrogen and oxygen atoms in total. The zero-order valence-electron chi connectivity index (χ0n) is 66.4. The molecule has 0 aromatic carbocycles. The zero-order chi connectivity index (χ0) is 74.4. The van der Waals surface area contributed by atoms with E-state index in [1.807, 2.05) is 0 Å². The number of phosphoric acid groups is 2. The predicted molar refractivity (Wildman–Crippen MR) is 414 cm³/mol. The predicted octanol–water partition coefficient (Wildman–Crippen LogP) is 24.5. The minimum atomic E-state index is -4.96. The van der Waals surface area contributed by atoms with Gasteiger partial charge in [-0.2, -0.15) is 0 Å². The van der Waals surface area contributed by atoms with Crippen LogP contribution in [-0.2, 0) is 65.4 Å². The molecule has 0 fully saturated rings. The van der Waals surface area contributed by atoms with E-state index in [0.717, 1.165) is 108 Å². The van der Waals surface area contributed by atoms with Gasteiger partial charge in [0.05, 0.1) is 26.4 Å². The molecule has 0 aliphatic carbocycles. The van der Waals surface area contributed by atoms with E-state index in [2.05, 4.69) is 48.5 Å². The molecule has 0 saturated carbocycles. The maximum absolute atomic E-state index is 13.1. The Bertz CT molecular complexity index is 1960. The van der Waals surface area contributed by atoms with Crippen LogP contribution in [0.2, 0.25) is 0 Å². The average molecular weight is 1480 g/mol. The highest BCUT2D eigenvalue weighted by atomic mass is 31.2. The van der Waals surface area contributed by atoms with Crippen LogP contribution in [-0.4, -0.2) is 96.7 Å². The summed E-state index contributed by atoms with van der Waals surface area (Å²) in [7, 11) is -9.92. The van der Waals surface area contributed by atoms with Crippen LogP contribution in [0.15, 0.2) is 0 Å².